The third-order valence-corrected chi connectivity index (χ3v) is 4.87. The fourth-order valence-electron chi connectivity index (χ4n) is 2.59. The topological polar surface area (TPSA) is 21.3 Å². The van der Waals surface area contributed by atoms with Gasteiger partial charge in [-0.1, -0.05) is 18.5 Å². The Bertz CT molecular complexity index is 363. The molecule has 2 atom stereocenters. The van der Waals surface area contributed by atoms with Gasteiger partial charge in [0.15, 0.2) is 0 Å². The first-order valence-corrected chi connectivity index (χ1v) is 8.56. The Morgan fingerprint density at radius 1 is 1.53 bits per heavy atom. The van der Waals surface area contributed by atoms with Crippen molar-refractivity contribution in [3.8, 4) is 0 Å². The van der Waals surface area contributed by atoms with E-state index in [1.165, 1.54) is 37.0 Å². The zero-order valence-corrected chi connectivity index (χ0v) is 13.2. The number of ether oxygens (including phenoxy) is 1. The molecule has 1 aromatic rings. The van der Waals surface area contributed by atoms with Crippen molar-refractivity contribution in [2.45, 2.75) is 57.6 Å². The predicted molar refractivity (Wildman–Crippen MR) is 83.3 cm³/mol. The second kappa shape index (κ2) is 8.25. The van der Waals surface area contributed by atoms with Gasteiger partial charge in [-0.05, 0) is 57.2 Å². The van der Waals surface area contributed by atoms with Crippen LogP contribution in [0, 0.1) is 0 Å². The van der Waals surface area contributed by atoms with Gasteiger partial charge in [0.1, 0.15) is 0 Å². The van der Waals surface area contributed by atoms with Crippen molar-refractivity contribution in [2.24, 2.45) is 0 Å². The average molecular weight is 302 g/mol. The molecule has 2 rings (SSSR count). The Hall–Kier alpha value is -0.0900. The lowest BCUT2D eigenvalue weighted by Gasteiger charge is -2.19. The molecule has 1 N–H and O–H groups in total. The van der Waals surface area contributed by atoms with E-state index in [1.54, 1.807) is 11.3 Å². The van der Waals surface area contributed by atoms with Gasteiger partial charge < -0.3 is 10.1 Å². The normalized spacial score (nSPS) is 20.8. The molecule has 0 spiro atoms. The zero-order valence-electron chi connectivity index (χ0n) is 11.7. The summed E-state index contributed by atoms with van der Waals surface area (Å²) in [6.45, 7) is 4.26. The van der Waals surface area contributed by atoms with Crippen molar-refractivity contribution in [3.05, 3.63) is 21.3 Å². The molecule has 1 aliphatic rings. The molecule has 0 saturated carbocycles. The highest BCUT2D eigenvalue weighted by atomic mass is 35.5. The van der Waals surface area contributed by atoms with E-state index < -0.39 is 0 Å². The fraction of sp³-hybridized carbons (Fsp3) is 0.733. The van der Waals surface area contributed by atoms with Gasteiger partial charge in [0.2, 0.25) is 0 Å². The third kappa shape index (κ3) is 5.42. The van der Waals surface area contributed by atoms with Crippen LogP contribution < -0.4 is 5.32 Å². The van der Waals surface area contributed by atoms with E-state index in [1.807, 2.05) is 6.07 Å². The van der Waals surface area contributed by atoms with Crippen molar-refractivity contribution < 1.29 is 4.74 Å². The van der Waals surface area contributed by atoms with Crippen LogP contribution >= 0.6 is 22.9 Å². The SMILES string of the molecule is CCCNC(CCC1CCCO1)Cc1ccc(Cl)s1. The number of halogens is 1. The standard InChI is InChI=1S/C15H24ClNOS/c1-2-9-17-12(5-6-13-4-3-10-18-13)11-14-7-8-15(16)19-14/h7-8,12-13,17H,2-6,9-11H2,1H3. The van der Waals surface area contributed by atoms with E-state index in [0.29, 0.717) is 12.1 Å². The summed E-state index contributed by atoms with van der Waals surface area (Å²) in [6.07, 6.45) is 7.62. The molecule has 108 valence electrons. The summed E-state index contributed by atoms with van der Waals surface area (Å²) >= 11 is 7.71. The van der Waals surface area contributed by atoms with E-state index >= 15 is 0 Å². The van der Waals surface area contributed by atoms with Crippen LogP contribution in [0.25, 0.3) is 0 Å². The van der Waals surface area contributed by atoms with Gasteiger partial charge in [0, 0.05) is 17.5 Å². The number of hydrogen-bond acceptors (Lipinski definition) is 3. The predicted octanol–water partition coefficient (Wildman–Crippen LogP) is 4.27. The van der Waals surface area contributed by atoms with Gasteiger partial charge in [-0.15, -0.1) is 11.3 Å². The molecule has 4 heteroatoms. The first-order chi connectivity index (χ1) is 9.28. The van der Waals surface area contributed by atoms with Crippen LogP contribution in [0.15, 0.2) is 12.1 Å². The van der Waals surface area contributed by atoms with Crippen molar-refractivity contribution in [1.29, 1.82) is 0 Å². The van der Waals surface area contributed by atoms with Crippen molar-refractivity contribution in [2.75, 3.05) is 13.2 Å². The van der Waals surface area contributed by atoms with E-state index in [0.717, 1.165) is 23.9 Å². The summed E-state index contributed by atoms with van der Waals surface area (Å²) in [6, 6.07) is 4.71. The molecule has 0 aliphatic carbocycles. The number of thiophene rings is 1. The van der Waals surface area contributed by atoms with Crippen LogP contribution in [0.5, 0.6) is 0 Å². The van der Waals surface area contributed by atoms with Crippen LogP contribution in [0.4, 0.5) is 0 Å². The summed E-state index contributed by atoms with van der Waals surface area (Å²) in [5.74, 6) is 0. The van der Waals surface area contributed by atoms with Crippen LogP contribution in [-0.4, -0.2) is 25.3 Å². The van der Waals surface area contributed by atoms with E-state index in [4.69, 9.17) is 16.3 Å². The lowest BCUT2D eigenvalue weighted by Crippen LogP contribution is -2.32. The highest BCUT2D eigenvalue weighted by Crippen LogP contribution is 2.24. The molecule has 2 unspecified atom stereocenters. The smallest absolute Gasteiger partial charge is 0.0931 e. The monoisotopic (exact) mass is 301 g/mol. The summed E-state index contributed by atoms with van der Waals surface area (Å²) in [5.41, 5.74) is 0. The Kier molecular flexibility index (Phi) is 6.65. The molecule has 2 heterocycles. The minimum absolute atomic E-state index is 0.498. The minimum atomic E-state index is 0.498. The molecule has 0 bridgehead atoms. The Morgan fingerprint density at radius 3 is 3.05 bits per heavy atom. The van der Waals surface area contributed by atoms with Crippen molar-refractivity contribution in [3.63, 3.8) is 0 Å². The average Bonchev–Trinajstić information content (AvgIpc) is 3.04. The first-order valence-electron chi connectivity index (χ1n) is 7.37. The second-order valence-electron chi connectivity index (χ2n) is 5.27. The van der Waals surface area contributed by atoms with Gasteiger partial charge in [-0.2, -0.15) is 0 Å². The maximum absolute atomic E-state index is 6.01. The lowest BCUT2D eigenvalue weighted by molar-refractivity contribution is 0.0996. The van der Waals surface area contributed by atoms with Crippen molar-refractivity contribution in [1.82, 2.24) is 5.32 Å². The Balaban J connectivity index is 1.79. The minimum Gasteiger partial charge on any atom is -0.378 e. The molecule has 1 fully saturated rings. The molecule has 0 aromatic carbocycles. The van der Waals surface area contributed by atoms with E-state index in [-0.39, 0.29) is 0 Å². The summed E-state index contributed by atoms with van der Waals surface area (Å²) in [7, 11) is 0. The molecule has 19 heavy (non-hydrogen) atoms. The number of nitrogens with one attached hydrogen (secondary N) is 1. The molecular weight excluding hydrogens is 278 g/mol. The molecular formula is C15H24ClNOS. The van der Waals surface area contributed by atoms with Gasteiger partial charge in [0.25, 0.3) is 0 Å². The number of hydrogen-bond donors (Lipinski definition) is 1. The number of rotatable bonds is 8. The molecule has 0 radical (unpaired) electrons. The molecule has 1 aliphatic heterocycles. The fourth-order valence-corrected chi connectivity index (χ4v) is 3.76. The van der Waals surface area contributed by atoms with Gasteiger partial charge in [-0.25, -0.2) is 0 Å². The maximum Gasteiger partial charge on any atom is 0.0931 e. The second-order valence-corrected chi connectivity index (χ2v) is 7.07. The van der Waals surface area contributed by atoms with Crippen LogP contribution in [0.2, 0.25) is 4.34 Å². The highest BCUT2D eigenvalue weighted by Gasteiger charge is 2.18. The van der Waals surface area contributed by atoms with E-state index in [2.05, 4.69) is 18.3 Å². The lowest BCUT2D eigenvalue weighted by atomic mass is 10.0. The Labute approximate surface area is 125 Å². The molecule has 2 nitrogen and oxygen atoms in total. The quantitative estimate of drug-likeness (QED) is 0.774. The first kappa shape index (κ1) is 15.3. The van der Waals surface area contributed by atoms with Gasteiger partial charge >= 0.3 is 0 Å². The van der Waals surface area contributed by atoms with Crippen LogP contribution in [0.3, 0.4) is 0 Å². The Morgan fingerprint density at radius 2 is 2.42 bits per heavy atom. The van der Waals surface area contributed by atoms with Crippen molar-refractivity contribution >= 4 is 22.9 Å². The van der Waals surface area contributed by atoms with Gasteiger partial charge in [-0.3, -0.25) is 0 Å². The van der Waals surface area contributed by atoms with Crippen LogP contribution in [0.1, 0.15) is 43.9 Å². The summed E-state index contributed by atoms with van der Waals surface area (Å²) < 4.78 is 6.61. The summed E-state index contributed by atoms with van der Waals surface area (Å²) in [4.78, 5) is 1.38. The highest BCUT2D eigenvalue weighted by molar-refractivity contribution is 7.16. The maximum atomic E-state index is 6.01. The summed E-state index contributed by atoms with van der Waals surface area (Å²) in [5, 5.41) is 3.66. The molecule has 1 aromatic heterocycles. The van der Waals surface area contributed by atoms with E-state index in [9.17, 15) is 0 Å². The molecule has 1 saturated heterocycles. The van der Waals surface area contributed by atoms with Gasteiger partial charge in [0.05, 0.1) is 10.4 Å². The third-order valence-electron chi connectivity index (χ3n) is 3.62. The molecule has 0 amide bonds. The van der Waals surface area contributed by atoms with Crippen LogP contribution in [-0.2, 0) is 11.2 Å². The zero-order chi connectivity index (χ0) is 13.5. The largest absolute Gasteiger partial charge is 0.378 e.